The molecule has 24 heteroatoms. The van der Waals surface area contributed by atoms with Crippen LogP contribution < -0.4 is 11.3 Å². The number of nitrogen functional groups attached to an aromatic ring is 1. The molecule has 2 unspecified atom stereocenters. The van der Waals surface area contributed by atoms with E-state index in [2.05, 4.69) is 42.2 Å². The number of aromatic amines is 1. The Morgan fingerprint density at radius 2 is 2.02 bits per heavy atom. The smallest absolute Gasteiger partial charge is 0.369 e. The molecule has 232 valence electrons. The number of hydrogen-bond acceptors (Lipinski definition) is 14. The minimum atomic E-state index is -4.52. The Kier molecular flexibility index (Phi) is 7.89. The summed E-state index contributed by atoms with van der Waals surface area (Å²) in [6.45, 7) is -12.9. The van der Waals surface area contributed by atoms with Crippen molar-refractivity contribution >= 4 is 65.8 Å². The molecule has 4 N–H and O–H groups in total. The summed E-state index contributed by atoms with van der Waals surface area (Å²) in [4.78, 5) is 44.9. The summed E-state index contributed by atoms with van der Waals surface area (Å²) < 4.78 is 87.9. The number of H-pyrrole nitrogens is 1. The van der Waals surface area contributed by atoms with Crippen LogP contribution in [0.25, 0.3) is 22.3 Å². The molecule has 0 spiro atoms. The summed E-state index contributed by atoms with van der Waals surface area (Å²) in [6.07, 6.45) is -3.60. The normalized spacial score (nSPS) is 32.2. The highest BCUT2D eigenvalue weighted by molar-refractivity contribution is 8.44. The van der Waals surface area contributed by atoms with Gasteiger partial charge in [-0.1, -0.05) is 12.2 Å². The second kappa shape index (κ2) is 11.1. The van der Waals surface area contributed by atoms with E-state index in [1.54, 1.807) is 0 Å². The van der Waals surface area contributed by atoms with Crippen LogP contribution in [-0.2, 0) is 52.4 Å². The predicted octanol–water partition coefficient (Wildman–Crippen LogP) is 1.62. The van der Waals surface area contributed by atoms with E-state index in [4.69, 9.17) is 40.4 Å². The van der Waals surface area contributed by atoms with Gasteiger partial charge < -0.3 is 29.0 Å². The summed E-state index contributed by atoms with van der Waals surface area (Å²) in [5, 5.41) is 0. The number of nitrogens with zero attached hydrogens (tertiary/aromatic N) is 7. The van der Waals surface area contributed by atoms with Gasteiger partial charge in [-0.3, -0.25) is 23.4 Å². The maximum atomic E-state index is 15.9. The lowest BCUT2D eigenvalue weighted by Crippen LogP contribution is -2.33. The van der Waals surface area contributed by atoms with Crippen LogP contribution in [-0.4, -0.2) is 81.4 Å². The molecule has 2 aliphatic rings. The molecule has 4 aromatic rings. The van der Waals surface area contributed by atoms with Gasteiger partial charge in [-0.2, -0.15) is 4.98 Å². The molecule has 0 aliphatic carbocycles. The lowest BCUT2D eigenvalue weighted by Gasteiger charge is -2.25. The minimum absolute atomic E-state index is 0.0198. The first-order valence-corrected chi connectivity index (χ1v) is 17.3. The first kappa shape index (κ1) is 30.5. The van der Waals surface area contributed by atoms with E-state index in [9.17, 15) is 14.3 Å². The van der Waals surface area contributed by atoms with Crippen LogP contribution in [0.4, 0.5) is 19.1 Å². The van der Waals surface area contributed by atoms with Crippen molar-refractivity contribution in [2.75, 3.05) is 18.9 Å². The number of ether oxygens (including phenoxy) is 1. The predicted molar refractivity (Wildman–Crippen MR) is 146 cm³/mol. The first-order chi connectivity index (χ1) is 20.2. The zero-order valence-electron chi connectivity index (χ0n) is 21.3. The van der Waals surface area contributed by atoms with Gasteiger partial charge in [0.1, 0.15) is 43.1 Å². The minimum Gasteiger partial charge on any atom is -0.369 e. The highest BCUT2D eigenvalue weighted by Crippen LogP contribution is 2.58. The number of nitrogens with two attached hydrogens (primary N) is 1. The van der Waals surface area contributed by atoms with Gasteiger partial charge in [0.2, 0.25) is 5.95 Å². The Morgan fingerprint density at radius 1 is 1.23 bits per heavy atom. The number of hydrogen-bond donors (Lipinski definition) is 4. The second-order valence-corrected chi connectivity index (χ2v) is 15.0. The van der Waals surface area contributed by atoms with Gasteiger partial charge in [0.25, 0.3) is 11.5 Å². The van der Waals surface area contributed by atoms with Gasteiger partial charge in [-0.15, -0.1) is 0 Å². The zero-order chi connectivity index (χ0) is 30.7. The zero-order valence-corrected chi connectivity index (χ0v) is 24.8. The number of thiol groups is 1. The summed E-state index contributed by atoms with van der Waals surface area (Å²) in [5.41, 5.74) is 4.71. The van der Waals surface area contributed by atoms with Crippen LogP contribution in [0, 0.1) is 0 Å². The fourth-order valence-corrected chi connectivity index (χ4v) is 6.95. The summed E-state index contributed by atoms with van der Waals surface area (Å²) >= 11 is 8.81. The lowest BCUT2D eigenvalue weighted by atomic mass is 10.1. The molecule has 2 aliphatic heterocycles. The average molecular weight is 686 g/mol. The van der Waals surface area contributed by atoms with E-state index < -0.39 is 76.0 Å². The van der Waals surface area contributed by atoms with E-state index in [1.165, 1.54) is 6.20 Å². The average Bonchev–Trinajstić information content (AvgIpc) is 3.59. The Morgan fingerprint density at radius 3 is 2.81 bits per heavy atom. The molecule has 43 heavy (non-hydrogen) atoms. The van der Waals surface area contributed by atoms with Gasteiger partial charge in [-0.25, -0.2) is 37.7 Å². The fraction of sp³-hybridized carbons (Fsp3) is 0.474. The molecule has 1 fully saturated rings. The lowest BCUT2D eigenvalue weighted by molar-refractivity contribution is -0.0643. The van der Waals surface area contributed by atoms with Crippen LogP contribution in [0.15, 0.2) is 23.6 Å². The number of fused-ring (bicyclic) bond motifs is 6. The van der Waals surface area contributed by atoms with Gasteiger partial charge in [0, 0.05) is 0 Å². The Balaban J connectivity index is 1.39. The van der Waals surface area contributed by atoms with Gasteiger partial charge in [-0.05, 0) is 11.8 Å². The Hall–Kier alpha value is -2.52. The van der Waals surface area contributed by atoms with Crippen LogP contribution in [0.3, 0.4) is 0 Å². The highest BCUT2D eigenvalue weighted by atomic mass is 32.7. The van der Waals surface area contributed by atoms with Crippen LogP contribution in [0.1, 0.15) is 12.1 Å². The van der Waals surface area contributed by atoms with Crippen molar-refractivity contribution in [3.63, 3.8) is 0 Å². The molecule has 0 amide bonds. The number of anilines is 1. The maximum Gasteiger partial charge on any atom is 0.387 e. The van der Waals surface area contributed by atoms with E-state index in [0.29, 0.717) is 0 Å². The largest absolute Gasteiger partial charge is 0.387 e. The Bertz CT molecular complexity index is 1860. The maximum absolute atomic E-state index is 15.9. The molecular formula is C19H20F3N9O8P2S2. The highest BCUT2D eigenvalue weighted by Gasteiger charge is 2.51. The molecule has 17 nitrogen and oxygen atoms in total. The summed E-state index contributed by atoms with van der Waals surface area (Å²) in [7, 11) is 0. The van der Waals surface area contributed by atoms with Crippen LogP contribution in [0.5, 0.6) is 0 Å². The molecular weight excluding hydrogens is 665 g/mol. The van der Waals surface area contributed by atoms with Gasteiger partial charge >= 0.3 is 13.5 Å². The molecule has 0 saturated carbocycles. The standard InChI is InChI=1S/C19H20F3N9O8P2S2/c20-11-9-2-35-40(33,42)37-5-19(21,22)4-30-10(27-8-1-24-6-25-14(8)30)3-36-41(34,43)39-13(11)17(38-9)31-7-26-12-15(31)28-18(23)29-16(12)32/h1,6-7,9,11,13,17H,2-5H2,(H,33,42)(H,34,43)(H3,23,28,29,32)/t9-,11-,13-,17+,40?,41?/m1/s1. The number of nitrogens with one attached hydrogen (secondary N) is 1. The first-order valence-electron chi connectivity index (χ1n) is 12.0. The summed E-state index contributed by atoms with van der Waals surface area (Å²) in [6, 6.07) is 0. The van der Waals surface area contributed by atoms with E-state index >= 15 is 13.2 Å². The third kappa shape index (κ3) is 6.21. The molecule has 1 saturated heterocycles. The quantitative estimate of drug-likeness (QED) is 0.165. The third-order valence-electron chi connectivity index (χ3n) is 6.32. The van der Waals surface area contributed by atoms with Crippen molar-refractivity contribution < 1.29 is 45.5 Å². The van der Waals surface area contributed by atoms with Crippen molar-refractivity contribution in [3.8, 4) is 0 Å². The van der Waals surface area contributed by atoms with Crippen molar-refractivity contribution in [1.29, 1.82) is 0 Å². The van der Waals surface area contributed by atoms with Crippen molar-refractivity contribution in [2.45, 2.75) is 43.7 Å². The van der Waals surface area contributed by atoms with E-state index in [0.717, 1.165) is 21.8 Å². The molecule has 2 bridgehead atoms. The molecule has 0 radical (unpaired) electrons. The molecule has 0 aromatic carbocycles. The van der Waals surface area contributed by atoms with Crippen molar-refractivity contribution in [1.82, 2.24) is 39.0 Å². The van der Waals surface area contributed by atoms with Gasteiger partial charge in [0.15, 0.2) is 29.2 Å². The third-order valence-corrected chi connectivity index (χ3v) is 9.48. The van der Waals surface area contributed by atoms with Crippen molar-refractivity contribution in [3.05, 3.63) is 35.0 Å². The summed E-state index contributed by atoms with van der Waals surface area (Å²) in [5.74, 6) is -4.14. The van der Waals surface area contributed by atoms with Gasteiger partial charge in [0.05, 0.1) is 25.7 Å². The topological polar surface area (TPSA) is 217 Å². The SMILES string of the molecule is Nc1nc2c(ncn2[C@H]2O[C@@H]3COP(O)(=S)OCC(F)(F)Cn4c(nc5cncnc54)COP(=O)(S)O[C@@H]2[C@@H]3F)c(=O)[nH]1. The van der Waals surface area contributed by atoms with Crippen molar-refractivity contribution in [2.24, 2.45) is 0 Å². The molecule has 6 rings (SSSR count). The number of alkyl halides is 3. The number of aromatic nitrogens is 8. The number of imidazole rings is 2. The molecule has 6 heterocycles. The van der Waals surface area contributed by atoms with Crippen LogP contribution >= 0.6 is 25.8 Å². The second-order valence-electron chi connectivity index (χ2n) is 9.34. The number of halogens is 3. The van der Waals surface area contributed by atoms with Crippen LogP contribution in [0.2, 0.25) is 0 Å². The molecule has 6 atom stereocenters. The fourth-order valence-electron chi connectivity index (χ4n) is 4.48. The monoisotopic (exact) mass is 685 g/mol. The molecule has 4 aromatic heterocycles. The number of rotatable bonds is 1. The Labute approximate surface area is 247 Å². The van der Waals surface area contributed by atoms with E-state index in [1.807, 2.05) is 0 Å². The van der Waals surface area contributed by atoms with E-state index in [-0.39, 0.29) is 34.1 Å².